The van der Waals surface area contributed by atoms with Crippen molar-refractivity contribution >= 4 is 34.6 Å². The molecule has 1 aromatic rings. The van der Waals surface area contributed by atoms with E-state index in [2.05, 4.69) is 43.0 Å². The minimum Gasteiger partial charge on any atom is -0.330 e. The summed E-state index contributed by atoms with van der Waals surface area (Å²) in [6.07, 6.45) is -0.326. The molecule has 25 heavy (non-hydrogen) atoms. The van der Waals surface area contributed by atoms with Crippen LogP contribution in [0.15, 0.2) is 30.0 Å². The molecule has 0 aromatic heterocycles. The Morgan fingerprint density at radius 1 is 1.32 bits per heavy atom. The van der Waals surface area contributed by atoms with Crippen LogP contribution in [-0.4, -0.2) is 5.11 Å². The lowest BCUT2D eigenvalue weighted by Gasteiger charge is -2.32. The minimum absolute atomic E-state index is 0.0844. The predicted octanol–water partition coefficient (Wildman–Crippen LogP) is 5.49. The van der Waals surface area contributed by atoms with Crippen molar-refractivity contribution in [1.29, 1.82) is 0 Å². The van der Waals surface area contributed by atoms with Crippen LogP contribution in [0.2, 0.25) is 5.02 Å². The zero-order valence-electron chi connectivity index (χ0n) is 14.2. The third-order valence-electron chi connectivity index (χ3n) is 3.89. The van der Waals surface area contributed by atoms with Gasteiger partial charge in [0.15, 0.2) is 5.11 Å². The highest BCUT2D eigenvalue weighted by atomic mass is 35.5. The van der Waals surface area contributed by atoms with Crippen LogP contribution in [0.25, 0.3) is 0 Å². The van der Waals surface area contributed by atoms with E-state index in [9.17, 15) is 13.2 Å². The first-order valence-electron chi connectivity index (χ1n) is 7.88. The van der Waals surface area contributed by atoms with Crippen molar-refractivity contribution in [2.45, 2.75) is 39.8 Å². The predicted molar refractivity (Wildman–Crippen MR) is 99.2 cm³/mol. The highest BCUT2D eigenvalue weighted by Gasteiger charge is 2.31. The second-order valence-electron chi connectivity index (χ2n) is 7.07. The van der Waals surface area contributed by atoms with Crippen LogP contribution in [-0.2, 0) is 6.18 Å². The van der Waals surface area contributed by atoms with Crippen LogP contribution in [0.1, 0.15) is 39.2 Å². The molecule has 0 spiro atoms. The fourth-order valence-electron chi connectivity index (χ4n) is 3.11. The second kappa shape index (κ2) is 7.41. The molecule has 0 radical (unpaired) electrons. The zero-order valence-corrected chi connectivity index (χ0v) is 15.8. The Hall–Kier alpha value is -1.47. The SMILES string of the molecule is C[C@H]1CC(NNC(=S)Nc2cc(C(F)(F)F)ccc2Cl)=CC(C)(C)C1. The van der Waals surface area contributed by atoms with Crippen molar-refractivity contribution in [3.8, 4) is 0 Å². The largest absolute Gasteiger partial charge is 0.416 e. The molecule has 8 heteroatoms. The first-order valence-corrected chi connectivity index (χ1v) is 8.66. The number of anilines is 1. The maximum Gasteiger partial charge on any atom is 0.416 e. The molecular formula is C17H21ClF3N3S. The van der Waals surface area contributed by atoms with E-state index in [1.54, 1.807) is 0 Å². The van der Waals surface area contributed by atoms with Crippen molar-refractivity contribution < 1.29 is 13.2 Å². The van der Waals surface area contributed by atoms with Crippen LogP contribution >= 0.6 is 23.8 Å². The first kappa shape index (κ1) is 19.8. The van der Waals surface area contributed by atoms with Crippen LogP contribution in [0.4, 0.5) is 18.9 Å². The third-order valence-corrected chi connectivity index (χ3v) is 4.42. The Balaban J connectivity index is 2.00. The molecule has 1 atom stereocenters. The normalized spacial score (nSPS) is 19.8. The van der Waals surface area contributed by atoms with Crippen LogP contribution in [0.5, 0.6) is 0 Å². The van der Waals surface area contributed by atoms with Crippen molar-refractivity contribution in [2.75, 3.05) is 5.32 Å². The number of hydrogen-bond acceptors (Lipinski definition) is 2. The van der Waals surface area contributed by atoms with Gasteiger partial charge < -0.3 is 10.7 Å². The number of allylic oxidation sites excluding steroid dienone is 2. The quantitative estimate of drug-likeness (QED) is 0.470. The summed E-state index contributed by atoms with van der Waals surface area (Å²) in [5.74, 6) is 0.531. The summed E-state index contributed by atoms with van der Waals surface area (Å²) in [5, 5.41) is 2.99. The molecule has 3 nitrogen and oxygen atoms in total. The van der Waals surface area contributed by atoms with E-state index in [0.717, 1.165) is 30.7 Å². The molecule has 2 rings (SSSR count). The third kappa shape index (κ3) is 5.78. The van der Waals surface area contributed by atoms with Gasteiger partial charge in [-0.05, 0) is 54.6 Å². The number of benzene rings is 1. The number of hydrogen-bond donors (Lipinski definition) is 3. The summed E-state index contributed by atoms with van der Waals surface area (Å²) in [5.41, 5.74) is 6.24. The van der Waals surface area contributed by atoms with Crippen LogP contribution < -0.4 is 16.2 Å². The Kier molecular flexibility index (Phi) is 5.89. The monoisotopic (exact) mass is 391 g/mol. The summed E-state index contributed by atoms with van der Waals surface area (Å²) in [6.45, 7) is 6.49. The first-order chi connectivity index (χ1) is 11.5. The smallest absolute Gasteiger partial charge is 0.330 e. The Morgan fingerprint density at radius 2 is 2.00 bits per heavy atom. The van der Waals surface area contributed by atoms with Gasteiger partial charge in [-0.2, -0.15) is 13.2 Å². The van der Waals surface area contributed by atoms with Gasteiger partial charge in [0.05, 0.1) is 16.3 Å². The van der Waals surface area contributed by atoms with Crippen molar-refractivity contribution in [1.82, 2.24) is 10.9 Å². The molecule has 0 saturated carbocycles. The van der Waals surface area contributed by atoms with E-state index in [1.807, 2.05) is 0 Å². The van der Waals surface area contributed by atoms with E-state index in [0.29, 0.717) is 5.92 Å². The van der Waals surface area contributed by atoms with Gasteiger partial charge in [-0.1, -0.05) is 38.4 Å². The lowest BCUT2D eigenvalue weighted by molar-refractivity contribution is -0.137. The number of rotatable bonds is 3. The second-order valence-corrected chi connectivity index (χ2v) is 7.88. The number of hydrazine groups is 1. The van der Waals surface area contributed by atoms with E-state index in [-0.39, 0.29) is 21.2 Å². The van der Waals surface area contributed by atoms with Gasteiger partial charge in [0.1, 0.15) is 0 Å². The number of nitrogens with one attached hydrogen (secondary N) is 3. The van der Waals surface area contributed by atoms with E-state index < -0.39 is 11.7 Å². The van der Waals surface area contributed by atoms with Crippen molar-refractivity contribution in [3.05, 3.63) is 40.6 Å². The fraction of sp³-hybridized carbons (Fsp3) is 0.471. The molecule has 1 aliphatic carbocycles. The lowest BCUT2D eigenvalue weighted by Crippen LogP contribution is -2.41. The summed E-state index contributed by atoms with van der Waals surface area (Å²) in [6, 6.07) is 3.05. The Labute approximate surface area is 156 Å². The molecule has 1 aliphatic rings. The molecule has 1 aromatic carbocycles. The minimum atomic E-state index is -4.44. The Bertz CT molecular complexity index is 686. The van der Waals surface area contributed by atoms with Crippen molar-refractivity contribution in [2.24, 2.45) is 11.3 Å². The van der Waals surface area contributed by atoms with Gasteiger partial charge in [-0.15, -0.1) is 0 Å². The van der Waals surface area contributed by atoms with Crippen LogP contribution in [0.3, 0.4) is 0 Å². The van der Waals surface area contributed by atoms with Gasteiger partial charge in [0.2, 0.25) is 0 Å². The molecule has 0 unspecified atom stereocenters. The fourth-order valence-corrected chi connectivity index (χ4v) is 3.44. The van der Waals surface area contributed by atoms with E-state index in [4.69, 9.17) is 23.8 Å². The topological polar surface area (TPSA) is 36.1 Å². The highest BCUT2D eigenvalue weighted by molar-refractivity contribution is 7.80. The molecule has 138 valence electrons. The number of alkyl halides is 3. The highest BCUT2D eigenvalue weighted by Crippen LogP contribution is 2.36. The number of thiocarbonyl (C=S) groups is 1. The molecule has 3 N–H and O–H groups in total. The van der Waals surface area contributed by atoms with Gasteiger partial charge >= 0.3 is 6.18 Å². The molecular weight excluding hydrogens is 371 g/mol. The van der Waals surface area contributed by atoms with Gasteiger partial charge in [-0.25, -0.2) is 0 Å². The molecule has 0 fully saturated rings. The zero-order chi connectivity index (χ0) is 18.8. The molecule has 0 heterocycles. The summed E-state index contributed by atoms with van der Waals surface area (Å²) in [4.78, 5) is 0. The Morgan fingerprint density at radius 3 is 2.60 bits per heavy atom. The van der Waals surface area contributed by atoms with E-state index in [1.165, 1.54) is 6.07 Å². The standard InChI is InChI=1S/C17H21ClF3N3S/c1-10-6-12(9-16(2,3)8-10)23-24-15(25)22-14-7-11(17(19,20)21)4-5-13(14)18/h4-5,7,9-10,23H,6,8H2,1-3H3,(H2,22,24,25)/t10-/m0/s1. The average Bonchev–Trinajstić information content (AvgIpc) is 2.44. The maximum atomic E-state index is 12.8. The molecule has 0 amide bonds. The van der Waals surface area contributed by atoms with Gasteiger partial charge in [-0.3, -0.25) is 5.43 Å². The van der Waals surface area contributed by atoms with Crippen LogP contribution in [0, 0.1) is 11.3 Å². The van der Waals surface area contributed by atoms with Gasteiger partial charge in [0, 0.05) is 5.70 Å². The summed E-state index contributed by atoms with van der Waals surface area (Å²) >= 11 is 11.1. The molecule has 0 bridgehead atoms. The summed E-state index contributed by atoms with van der Waals surface area (Å²) < 4.78 is 38.4. The lowest BCUT2D eigenvalue weighted by atomic mass is 9.76. The number of halogens is 4. The molecule has 0 aliphatic heterocycles. The van der Waals surface area contributed by atoms with E-state index >= 15 is 0 Å². The molecule has 0 saturated heterocycles. The average molecular weight is 392 g/mol. The summed E-state index contributed by atoms with van der Waals surface area (Å²) in [7, 11) is 0. The van der Waals surface area contributed by atoms with Gasteiger partial charge in [0.25, 0.3) is 0 Å². The van der Waals surface area contributed by atoms with Crippen molar-refractivity contribution in [3.63, 3.8) is 0 Å². The maximum absolute atomic E-state index is 12.8.